The number of aryl methyl sites for hydroxylation is 1. The highest BCUT2D eigenvalue weighted by Crippen LogP contribution is 2.26. The predicted octanol–water partition coefficient (Wildman–Crippen LogP) is 5.33. The van der Waals surface area contributed by atoms with Crippen LogP contribution in [0.3, 0.4) is 0 Å². The van der Waals surface area contributed by atoms with E-state index in [1.165, 1.54) is 11.8 Å². The average Bonchev–Trinajstić information content (AvgIpc) is 2.84. The average molecular weight is 455 g/mol. The second kappa shape index (κ2) is 9.03. The molecule has 0 unspecified atom stereocenters. The predicted molar refractivity (Wildman–Crippen MR) is 132 cm³/mol. The molecule has 33 heavy (non-hydrogen) atoms. The summed E-state index contributed by atoms with van der Waals surface area (Å²) in [5.74, 6) is 1.31. The van der Waals surface area contributed by atoms with Gasteiger partial charge >= 0.3 is 0 Å². The molecule has 6 nitrogen and oxygen atoms in total. The van der Waals surface area contributed by atoms with Gasteiger partial charge in [0.2, 0.25) is 0 Å². The summed E-state index contributed by atoms with van der Waals surface area (Å²) in [4.78, 5) is 27.8. The Morgan fingerprint density at radius 3 is 2.24 bits per heavy atom. The van der Waals surface area contributed by atoms with Crippen molar-refractivity contribution in [3.8, 4) is 11.4 Å². The molecule has 0 aliphatic rings. The third-order valence-electron chi connectivity index (χ3n) is 5.33. The van der Waals surface area contributed by atoms with Crippen molar-refractivity contribution in [3.05, 3.63) is 94.5 Å². The Balaban J connectivity index is 1.57. The van der Waals surface area contributed by atoms with Crippen LogP contribution in [0.2, 0.25) is 0 Å². The number of hydrogen-bond donors (Lipinski definition) is 0. The Labute approximate surface area is 195 Å². The van der Waals surface area contributed by atoms with E-state index in [1.54, 1.807) is 4.57 Å². The monoisotopic (exact) mass is 454 g/mol. The molecular formula is C26H22N4O2S. The summed E-state index contributed by atoms with van der Waals surface area (Å²) in [6.45, 7) is 4.49. The Hall–Kier alpha value is -3.71. The van der Waals surface area contributed by atoms with E-state index in [0.717, 1.165) is 33.9 Å². The van der Waals surface area contributed by atoms with Crippen molar-refractivity contribution in [1.82, 2.24) is 19.5 Å². The zero-order chi connectivity index (χ0) is 22.8. The normalized spacial score (nSPS) is 11.2. The van der Waals surface area contributed by atoms with Crippen molar-refractivity contribution in [2.75, 3.05) is 6.61 Å². The molecule has 0 N–H and O–H groups in total. The third-order valence-corrected chi connectivity index (χ3v) is 6.28. The lowest BCUT2D eigenvalue weighted by Gasteiger charge is -2.14. The molecule has 0 bridgehead atoms. The number of hydrogen-bond acceptors (Lipinski definition) is 6. The smallest absolute Gasteiger partial charge is 0.266 e. The lowest BCUT2D eigenvalue weighted by molar-refractivity contribution is 0.340. The highest BCUT2D eigenvalue weighted by Gasteiger charge is 2.15. The van der Waals surface area contributed by atoms with Gasteiger partial charge in [-0.05, 0) is 62.4 Å². The van der Waals surface area contributed by atoms with E-state index in [4.69, 9.17) is 14.7 Å². The number of ether oxygens (including phenoxy) is 1. The minimum atomic E-state index is -0.103. The van der Waals surface area contributed by atoms with Gasteiger partial charge in [-0.25, -0.2) is 15.0 Å². The molecule has 3 aromatic carbocycles. The van der Waals surface area contributed by atoms with Crippen molar-refractivity contribution in [2.45, 2.75) is 24.8 Å². The highest BCUT2D eigenvalue weighted by atomic mass is 32.2. The molecule has 5 rings (SSSR count). The third kappa shape index (κ3) is 4.19. The van der Waals surface area contributed by atoms with Crippen molar-refractivity contribution < 1.29 is 4.74 Å². The number of thioether (sulfide) groups is 1. The topological polar surface area (TPSA) is 69.9 Å². The van der Waals surface area contributed by atoms with Gasteiger partial charge in [-0.15, -0.1) is 0 Å². The second-order valence-electron chi connectivity index (χ2n) is 7.51. The van der Waals surface area contributed by atoms with E-state index in [-0.39, 0.29) is 5.56 Å². The van der Waals surface area contributed by atoms with Gasteiger partial charge < -0.3 is 4.74 Å². The molecule has 2 aromatic heterocycles. The van der Waals surface area contributed by atoms with Crippen molar-refractivity contribution >= 4 is 33.7 Å². The Morgan fingerprint density at radius 1 is 0.848 bits per heavy atom. The maximum atomic E-state index is 13.5. The SMILES string of the molecule is CCOc1ccc(-n2c(SCc3nc4ccccc4nc3C)nc3ccccc3c2=O)cc1. The minimum Gasteiger partial charge on any atom is -0.494 e. The molecule has 0 spiro atoms. The summed E-state index contributed by atoms with van der Waals surface area (Å²) < 4.78 is 7.22. The lowest BCUT2D eigenvalue weighted by Crippen LogP contribution is -2.21. The van der Waals surface area contributed by atoms with Crippen LogP contribution in [0.4, 0.5) is 0 Å². The molecule has 2 heterocycles. The van der Waals surface area contributed by atoms with Crippen LogP contribution in [0, 0.1) is 6.92 Å². The van der Waals surface area contributed by atoms with Crippen LogP contribution in [0.15, 0.2) is 82.7 Å². The van der Waals surface area contributed by atoms with Gasteiger partial charge in [-0.1, -0.05) is 36.0 Å². The van der Waals surface area contributed by atoms with Gasteiger partial charge in [-0.2, -0.15) is 0 Å². The molecular weight excluding hydrogens is 432 g/mol. The molecule has 164 valence electrons. The summed E-state index contributed by atoms with van der Waals surface area (Å²) >= 11 is 1.48. The zero-order valence-corrected chi connectivity index (χ0v) is 19.2. The van der Waals surface area contributed by atoms with Gasteiger partial charge in [0.1, 0.15) is 5.75 Å². The fourth-order valence-electron chi connectivity index (χ4n) is 3.69. The molecule has 0 amide bonds. The van der Waals surface area contributed by atoms with E-state index >= 15 is 0 Å². The highest BCUT2D eigenvalue weighted by molar-refractivity contribution is 7.98. The first-order valence-corrected chi connectivity index (χ1v) is 11.7. The zero-order valence-electron chi connectivity index (χ0n) is 18.4. The first kappa shape index (κ1) is 21.2. The van der Waals surface area contributed by atoms with Gasteiger partial charge in [0.25, 0.3) is 5.56 Å². The molecule has 0 aliphatic carbocycles. The van der Waals surface area contributed by atoms with Crippen molar-refractivity contribution in [1.29, 1.82) is 0 Å². The number of para-hydroxylation sites is 3. The summed E-state index contributed by atoms with van der Waals surface area (Å²) in [6, 6.07) is 22.8. The Kier molecular flexibility index (Phi) is 5.79. The van der Waals surface area contributed by atoms with Crippen LogP contribution >= 0.6 is 11.8 Å². The van der Waals surface area contributed by atoms with Crippen LogP contribution in [0.5, 0.6) is 5.75 Å². The maximum absolute atomic E-state index is 13.5. The number of aromatic nitrogens is 4. The van der Waals surface area contributed by atoms with Crippen LogP contribution in [-0.4, -0.2) is 26.1 Å². The van der Waals surface area contributed by atoms with Gasteiger partial charge in [0.15, 0.2) is 5.16 Å². The lowest BCUT2D eigenvalue weighted by atomic mass is 10.2. The van der Waals surface area contributed by atoms with Crippen LogP contribution in [0.25, 0.3) is 27.6 Å². The Morgan fingerprint density at radius 2 is 1.52 bits per heavy atom. The molecule has 0 atom stereocenters. The van der Waals surface area contributed by atoms with Crippen molar-refractivity contribution in [2.24, 2.45) is 0 Å². The van der Waals surface area contributed by atoms with Gasteiger partial charge in [-0.3, -0.25) is 9.36 Å². The fraction of sp³-hybridized carbons (Fsp3) is 0.154. The van der Waals surface area contributed by atoms with Crippen LogP contribution in [-0.2, 0) is 5.75 Å². The minimum absolute atomic E-state index is 0.103. The number of fused-ring (bicyclic) bond motifs is 2. The molecule has 7 heteroatoms. The maximum Gasteiger partial charge on any atom is 0.266 e. The molecule has 0 fully saturated rings. The van der Waals surface area contributed by atoms with E-state index in [9.17, 15) is 4.79 Å². The van der Waals surface area contributed by atoms with E-state index in [2.05, 4.69) is 4.98 Å². The van der Waals surface area contributed by atoms with Gasteiger partial charge in [0, 0.05) is 5.75 Å². The summed E-state index contributed by atoms with van der Waals surface area (Å²) in [6.07, 6.45) is 0. The first-order valence-electron chi connectivity index (χ1n) is 10.7. The first-order chi connectivity index (χ1) is 16.1. The molecule has 0 saturated carbocycles. The standard InChI is InChI=1S/C26H22N4O2S/c1-3-32-19-14-12-18(13-15-19)30-25(31)20-8-4-5-9-21(20)29-26(30)33-16-24-17(2)27-22-10-6-7-11-23(22)28-24/h4-15H,3,16H2,1-2H3. The largest absolute Gasteiger partial charge is 0.494 e. The van der Waals surface area contributed by atoms with Gasteiger partial charge in [0.05, 0.1) is 45.6 Å². The van der Waals surface area contributed by atoms with Crippen LogP contribution in [0.1, 0.15) is 18.3 Å². The van der Waals surface area contributed by atoms with Crippen molar-refractivity contribution in [3.63, 3.8) is 0 Å². The summed E-state index contributed by atoms with van der Waals surface area (Å²) in [7, 11) is 0. The summed E-state index contributed by atoms with van der Waals surface area (Å²) in [5, 5.41) is 1.19. The number of benzene rings is 3. The fourth-order valence-corrected chi connectivity index (χ4v) is 4.71. The van der Waals surface area contributed by atoms with E-state index < -0.39 is 0 Å². The molecule has 0 saturated heterocycles. The van der Waals surface area contributed by atoms with E-state index in [0.29, 0.717) is 28.4 Å². The second-order valence-corrected chi connectivity index (χ2v) is 8.45. The quantitative estimate of drug-likeness (QED) is 0.255. The Bertz CT molecular complexity index is 1510. The number of rotatable bonds is 6. The molecule has 5 aromatic rings. The number of nitrogens with zero attached hydrogens (tertiary/aromatic N) is 4. The molecule has 0 radical (unpaired) electrons. The summed E-state index contributed by atoms with van der Waals surface area (Å²) in [5.41, 5.74) is 4.79. The molecule has 0 aliphatic heterocycles. The van der Waals surface area contributed by atoms with E-state index in [1.807, 2.05) is 86.6 Å². The van der Waals surface area contributed by atoms with Crippen LogP contribution < -0.4 is 10.3 Å².